The second-order valence-corrected chi connectivity index (χ2v) is 7.46. The predicted molar refractivity (Wildman–Crippen MR) is 119 cm³/mol. The number of anilines is 2. The predicted octanol–water partition coefficient (Wildman–Crippen LogP) is 3.96. The van der Waals surface area contributed by atoms with E-state index in [9.17, 15) is 9.59 Å². The zero-order valence-corrected chi connectivity index (χ0v) is 17.1. The third-order valence-corrected chi connectivity index (χ3v) is 4.90. The monoisotopic (exact) mass is 414 g/mol. The molecule has 0 saturated carbocycles. The van der Waals surface area contributed by atoms with Crippen LogP contribution in [0.25, 0.3) is 22.1 Å². The number of benzene rings is 2. The van der Waals surface area contributed by atoms with Crippen molar-refractivity contribution in [1.29, 1.82) is 0 Å². The number of carbonyl (C=O) groups excluding carboxylic acids is 2. The minimum absolute atomic E-state index is 0.0634. The molecule has 8 heteroatoms. The van der Waals surface area contributed by atoms with Crippen LogP contribution in [0.3, 0.4) is 0 Å². The molecule has 0 bridgehead atoms. The molecule has 0 spiro atoms. The average molecular weight is 414 g/mol. The SMILES string of the molecule is CC(CCC(=O)Nc1ccc2nccnc2c1)CC(=O)Nc1ccc2nccnc2c1. The summed E-state index contributed by atoms with van der Waals surface area (Å²) in [7, 11) is 0. The van der Waals surface area contributed by atoms with Gasteiger partial charge in [0.05, 0.1) is 22.1 Å². The van der Waals surface area contributed by atoms with E-state index in [1.807, 2.05) is 19.1 Å². The van der Waals surface area contributed by atoms with Crippen LogP contribution in [0.2, 0.25) is 0 Å². The van der Waals surface area contributed by atoms with Crippen LogP contribution in [0.15, 0.2) is 61.2 Å². The Bertz CT molecular complexity index is 1240. The van der Waals surface area contributed by atoms with Gasteiger partial charge in [-0.15, -0.1) is 0 Å². The molecule has 0 aliphatic carbocycles. The summed E-state index contributed by atoms with van der Waals surface area (Å²) in [4.78, 5) is 41.6. The highest BCUT2D eigenvalue weighted by Crippen LogP contribution is 2.18. The molecule has 2 N–H and O–H groups in total. The summed E-state index contributed by atoms with van der Waals surface area (Å²) in [6.45, 7) is 1.96. The van der Waals surface area contributed by atoms with Crippen molar-refractivity contribution in [3.8, 4) is 0 Å². The molecule has 0 radical (unpaired) electrons. The maximum atomic E-state index is 12.4. The number of nitrogens with zero attached hydrogens (tertiary/aromatic N) is 4. The normalized spacial score (nSPS) is 11.9. The molecule has 4 rings (SSSR count). The Morgan fingerprint density at radius 2 is 1.23 bits per heavy atom. The molecule has 0 aliphatic heterocycles. The largest absolute Gasteiger partial charge is 0.326 e. The van der Waals surface area contributed by atoms with Gasteiger partial charge < -0.3 is 10.6 Å². The van der Waals surface area contributed by atoms with E-state index in [-0.39, 0.29) is 17.7 Å². The van der Waals surface area contributed by atoms with Crippen molar-refractivity contribution in [2.45, 2.75) is 26.2 Å². The fraction of sp³-hybridized carbons (Fsp3) is 0.217. The summed E-state index contributed by atoms with van der Waals surface area (Å²) >= 11 is 0. The van der Waals surface area contributed by atoms with Crippen LogP contribution in [0.5, 0.6) is 0 Å². The minimum Gasteiger partial charge on any atom is -0.326 e. The molecule has 2 aromatic carbocycles. The number of carbonyl (C=O) groups is 2. The molecule has 4 aromatic rings. The highest BCUT2D eigenvalue weighted by atomic mass is 16.2. The maximum absolute atomic E-state index is 12.4. The van der Waals surface area contributed by atoms with Crippen molar-refractivity contribution < 1.29 is 9.59 Å². The van der Waals surface area contributed by atoms with Crippen LogP contribution in [-0.2, 0) is 9.59 Å². The molecule has 8 nitrogen and oxygen atoms in total. The highest BCUT2D eigenvalue weighted by molar-refractivity contribution is 5.94. The van der Waals surface area contributed by atoms with Crippen molar-refractivity contribution in [2.24, 2.45) is 5.92 Å². The third kappa shape index (κ3) is 5.36. The Morgan fingerprint density at radius 3 is 1.77 bits per heavy atom. The molecule has 1 unspecified atom stereocenters. The van der Waals surface area contributed by atoms with Gasteiger partial charge in [0.2, 0.25) is 11.8 Å². The topological polar surface area (TPSA) is 110 Å². The second kappa shape index (κ2) is 9.25. The Labute approximate surface area is 179 Å². The first-order valence-corrected chi connectivity index (χ1v) is 10.1. The lowest BCUT2D eigenvalue weighted by Crippen LogP contribution is -2.17. The van der Waals surface area contributed by atoms with Crippen molar-refractivity contribution in [3.63, 3.8) is 0 Å². The van der Waals surface area contributed by atoms with E-state index in [1.165, 1.54) is 0 Å². The molecule has 0 aliphatic rings. The summed E-state index contributed by atoms with van der Waals surface area (Å²) in [5.41, 5.74) is 4.37. The molecule has 2 aromatic heterocycles. The first-order chi connectivity index (χ1) is 15.1. The van der Waals surface area contributed by atoms with Crippen molar-refractivity contribution in [3.05, 3.63) is 61.2 Å². The molecular formula is C23H22N6O2. The van der Waals surface area contributed by atoms with Gasteiger partial charge in [-0.25, -0.2) is 0 Å². The van der Waals surface area contributed by atoms with E-state index in [0.717, 1.165) is 22.1 Å². The number of aromatic nitrogens is 4. The van der Waals surface area contributed by atoms with Gasteiger partial charge in [-0.3, -0.25) is 29.5 Å². The Balaban J connectivity index is 1.25. The standard InChI is InChI=1S/C23H22N6O2/c1-15(12-23(31)29-17-4-6-19-21(14-17)27-11-9-25-19)2-7-22(30)28-16-3-5-18-20(13-16)26-10-8-24-18/h3-6,8-11,13-15H,2,7,12H2,1H3,(H,28,30)(H,29,31). The van der Waals surface area contributed by atoms with E-state index < -0.39 is 0 Å². The van der Waals surface area contributed by atoms with Gasteiger partial charge >= 0.3 is 0 Å². The third-order valence-electron chi connectivity index (χ3n) is 4.90. The second-order valence-electron chi connectivity index (χ2n) is 7.46. The number of fused-ring (bicyclic) bond motifs is 2. The van der Waals surface area contributed by atoms with Crippen LogP contribution in [-0.4, -0.2) is 31.8 Å². The first-order valence-electron chi connectivity index (χ1n) is 10.1. The van der Waals surface area contributed by atoms with Crippen molar-refractivity contribution >= 4 is 45.3 Å². The van der Waals surface area contributed by atoms with Crippen LogP contribution >= 0.6 is 0 Å². The number of hydrogen-bond donors (Lipinski definition) is 2. The van der Waals surface area contributed by atoms with E-state index in [2.05, 4.69) is 30.6 Å². The van der Waals surface area contributed by atoms with Crippen LogP contribution in [0, 0.1) is 5.92 Å². The van der Waals surface area contributed by atoms with E-state index >= 15 is 0 Å². The zero-order valence-electron chi connectivity index (χ0n) is 17.1. The van der Waals surface area contributed by atoms with Gasteiger partial charge in [0, 0.05) is 49.0 Å². The molecule has 2 amide bonds. The molecule has 1 atom stereocenters. The van der Waals surface area contributed by atoms with E-state index in [4.69, 9.17) is 0 Å². The fourth-order valence-electron chi connectivity index (χ4n) is 3.31. The smallest absolute Gasteiger partial charge is 0.224 e. The summed E-state index contributed by atoms with van der Waals surface area (Å²) < 4.78 is 0. The first kappa shape index (κ1) is 20.3. The fourth-order valence-corrected chi connectivity index (χ4v) is 3.31. The molecule has 156 valence electrons. The molecule has 0 fully saturated rings. The summed E-state index contributed by atoms with van der Waals surface area (Å²) in [5, 5.41) is 5.77. The number of rotatable bonds is 7. The lowest BCUT2D eigenvalue weighted by molar-refractivity contribution is -0.118. The van der Waals surface area contributed by atoms with Crippen molar-refractivity contribution in [1.82, 2.24) is 19.9 Å². The summed E-state index contributed by atoms with van der Waals surface area (Å²) in [6, 6.07) is 10.9. The minimum atomic E-state index is -0.0939. The van der Waals surface area contributed by atoms with Gasteiger partial charge in [-0.1, -0.05) is 6.92 Å². The van der Waals surface area contributed by atoms with Gasteiger partial charge in [-0.05, 0) is 48.7 Å². The van der Waals surface area contributed by atoms with Gasteiger partial charge in [0.25, 0.3) is 0 Å². The van der Waals surface area contributed by atoms with Crippen LogP contribution < -0.4 is 10.6 Å². The quantitative estimate of drug-likeness (QED) is 0.474. The Hall–Kier alpha value is -3.94. The number of amides is 2. The average Bonchev–Trinajstić information content (AvgIpc) is 2.77. The molecule has 0 saturated heterocycles. The number of nitrogens with one attached hydrogen (secondary N) is 2. The van der Waals surface area contributed by atoms with Gasteiger partial charge in [0.15, 0.2) is 0 Å². The molecular weight excluding hydrogens is 392 g/mol. The zero-order chi connectivity index (χ0) is 21.6. The maximum Gasteiger partial charge on any atom is 0.224 e. The summed E-state index contributed by atoms with van der Waals surface area (Å²) in [6.07, 6.45) is 7.77. The molecule has 31 heavy (non-hydrogen) atoms. The van der Waals surface area contributed by atoms with Crippen LogP contribution in [0.4, 0.5) is 11.4 Å². The van der Waals surface area contributed by atoms with Crippen LogP contribution in [0.1, 0.15) is 26.2 Å². The Kier molecular flexibility index (Phi) is 6.07. The lowest BCUT2D eigenvalue weighted by Gasteiger charge is -2.12. The van der Waals surface area contributed by atoms with E-state index in [1.54, 1.807) is 49.1 Å². The Morgan fingerprint density at radius 1 is 0.742 bits per heavy atom. The van der Waals surface area contributed by atoms with E-state index in [0.29, 0.717) is 30.6 Å². The summed E-state index contributed by atoms with van der Waals surface area (Å²) in [5.74, 6) is -0.124. The highest BCUT2D eigenvalue weighted by Gasteiger charge is 2.12. The number of hydrogen-bond acceptors (Lipinski definition) is 6. The van der Waals surface area contributed by atoms with Gasteiger partial charge in [0.1, 0.15) is 0 Å². The lowest BCUT2D eigenvalue weighted by atomic mass is 10.0. The van der Waals surface area contributed by atoms with Crippen molar-refractivity contribution in [2.75, 3.05) is 10.6 Å². The van der Waals surface area contributed by atoms with Gasteiger partial charge in [-0.2, -0.15) is 0 Å². The molecule has 2 heterocycles.